The van der Waals surface area contributed by atoms with Crippen molar-refractivity contribution < 1.29 is 19.4 Å². The molecule has 0 bridgehead atoms. The fourth-order valence-electron chi connectivity index (χ4n) is 2.64. The van der Waals surface area contributed by atoms with E-state index in [1.807, 2.05) is 60.7 Å². The van der Waals surface area contributed by atoms with Gasteiger partial charge in [0, 0.05) is 16.2 Å². The van der Waals surface area contributed by atoms with Gasteiger partial charge in [0.05, 0.1) is 7.11 Å². The van der Waals surface area contributed by atoms with Crippen LogP contribution in [0.5, 0.6) is 11.5 Å². The molecule has 0 amide bonds. The van der Waals surface area contributed by atoms with E-state index in [2.05, 4.69) is 0 Å². The molecule has 1 N–H and O–H groups in total. The van der Waals surface area contributed by atoms with E-state index >= 15 is 0 Å². The van der Waals surface area contributed by atoms with Crippen molar-refractivity contribution in [2.24, 2.45) is 0 Å². The highest BCUT2D eigenvalue weighted by atomic mass is 32.2. The number of para-hydroxylation sites is 2. The van der Waals surface area contributed by atoms with Crippen molar-refractivity contribution in [3.63, 3.8) is 0 Å². The molecule has 1 atom stereocenters. The molecule has 0 aliphatic heterocycles. The summed E-state index contributed by atoms with van der Waals surface area (Å²) in [6.07, 6.45) is -0.762. The number of methoxy groups -OCH3 is 1. The zero-order valence-electron chi connectivity index (χ0n) is 14.9. The minimum absolute atomic E-state index is 0.253. The van der Waals surface area contributed by atoms with Gasteiger partial charge >= 0.3 is 5.97 Å². The minimum atomic E-state index is -1.01. The summed E-state index contributed by atoms with van der Waals surface area (Å²) in [5.74, 6) is -0.0864. The number of ether oxygens (including phenoxy) is 2. The molecule has 0 saturated carbocycles. The average Bonchev–Trinajstić information content (AvgIpc) is 2.70. The number of carboxylic acid groups (broad SMARTS) is 1. The molecule has 0 spiro atoms. The van der Waals surface area contributed by atoms with Crippen molar-refractivity contribution in [3.8, 4) is 11.5 Å². The quantitative estimate of drug-likeness (QED) is 0.601. The number of carbonyl (C=O) groups is 1. The molecule has 5 heteroatoms. The van der Waals surface area contributed by atoms with Crippen LogP contribution in [0.3, 0.4) is 0 Å². The smallest absolute Gasteiger partial charge is 0.345 e. The topological polar surface area (TPSA) is 55.8 Å². The summed E-state index contributed by atoms with van der Waals surface area (Å²) in [5.41, 5.74) is 0.925. The molecule has 3 aromatic carbocycles. The third kappa shape index (κ3) is 5.05. The van der Waals surface area contributed by atoms with E-state index in [0.29, 0.717) is 11.5 Å². The number of hydrogen-bond acceptors (Lipinski definition) is 4. The van der Waals surface area contributed by atoms with E-state index in [1.165, 1.54) is 7.11 Å². The normalized spacial score (nSPS) is 11.6. The highest BCUT2D eigenvalue weighted by molar-refractivity contribution is 7.99. The Hall–Kier alpha value is -2.92. The number of rotatable bonds is 8. The van der Waals surface area contributed by atoms with Crippen LogP contribution in [-0.2, 0) is 11.2 Å². The lowest BCUT2D eigenvalue weighted by Crippen LogP contribution is -2.29. The van der Waals surface area contributed by atoms with Gasteiger partial charge in [0.25, 0.3) is 0 Å². The van der Waals surface area contributed by atoms with Gasteiger partial charge in [-0.2, -0.15) is 0 Å². The molecule has 0 radical (unpaired) electrons. The van der Waals surface area contributed by atoms with Gasteiger partial charge in [-0.15, -0.1) is 0 Å². The molecule has 1 unspecified atom stereocenters. The van der Waals surface area contributed by atoms with Crippen molar-refractivity contribution in [1.82, 2.24) is 0 Å². The van der Waals surface area contributed by atoms with Gasteiger partial charge in [-0.3, -0.25) is 0 Å². The number of aliphatic carboxylic acids is 1. The zero-order chi connectivity index (χ0) is 19.1. The zero-order valence-corrected chi connectivity index (χ0v) is 15.7. The lowest BCUT2D eigenvalue weighted by molar-refractivity contribution is -0.145. The number of carboxylic acids is 1. The van der Waals surface area contributed by atoms with Crippen LogP contribution in [0.2, 0.25) is 0 Å². The minimum Gasteiger partial charge on any atom is -0.493 e. The third-order valence-electron chi connectivity index (χ3n) is 3.96. The van der Waals surface area contributed by atoms with E-state index in [-0.39, 0.29) is 6.42 Å². The molecule has 3 aromatic rings. The molecule has 4 nitrogen and oxygen atoms in total. The summed E-state index contributed by atoms with van der Waals surface area (Å²) >= 11 is 1.61. The van der Waals surface area contributed by atoms with Crippen LogP contribution in [0.15, 0.2) is 88.7 Å². The first-order valence-corrected chi connectivity index (χ1v) is 9.32. The van der Waals surface area contributed by atoms with Crippen LogP contribution in [0.25, 0.3) is 0 Å². The molecule has 0 saturated heterocycles. The maximum atomic E-state index is 11.8. The molecule has 138 valence electrons. The first-order valence-electron chi connectivity index (χ1n) is 8.50. The number of benzene rings is 3. The van der Waals surface area contributed by atoms with Gasteiger partial charge in [0.1, 0.15) is 0 Å². The van der Waals surface area contributed by atoms with Crippen LogP contribution < -0.4 is 9.47 Å². The van der Waals surface area contributed by atoms with Crippen molar-refractivity contribution >= 4 is 17.7 Å². The van der Waals surface area contributed by atoms with Gasteiger partial charge in [-0.1, -0.05) is 60.3 Å². The number of hydrogen-bond donors (Lipinski definition) is 1. The van der Waals surface area contributed by atoms with E-state index < -0.39 is 12.1 Å². The van der Waals surface area contributed by atoms with Crippen LogP contribution in [0.4, 0.5) is 0 Å². The van der Waals surface area contributed by atoms with Crippen molar-refractivity contribution in [2.45, 2.75) is 22.3 Å². The summed E-state index contributed by atoms with van der Waals surface area (Å²) in [4.78, 5) is 13.9. The van der Waals surface area contributed by atoms with Gasteiger partial charge in [-0.05, 0) is 35.9 Å². The molecule has 3 rings (SSSR count). The molecule has 0 heterocycles. The summed E-state index contributed by atoms with van der Waals surface area (Å²) in [5, 5.41) is 9.67. The van der Waals surface area contributed by atoms with Crippen LogP contribution >= 0.6 is 11.8 Å². The highest BCUT2D eigenvalue weighted by Gasteiger charge is 2.23. The van der Waals surface area contributed by atoms with E-state index in [4.69, 9.17) is 9.47 Å². The second-order valence-electron chi connectivity index (χ2n) is 5.82. The van der Waals surface area contributed by atoms with E-state index in [0.717, 1.165) is 15.4 Å². The average molecular weight is 380 g/mol. The van der Waals surface area contributed by atoms with Gasteiger partial charge in [0.2, 0.25) is 0 Å². The summed E-state index contributed by atoms with van der Waals surface area (Å²) in [6.45, 7) is 0. The Bertz CT molecular complexity index is 896. The molecular formula is C22H20O4S. The van der Waals surface area contributed by atoms with Crippen LogP contribution in [0, 0.1) is 0 Å². The van der Waals surface area contributed by atoms with Gasteiger partial charge in [-0.25, -0.2) is 4.79 Å². The molecule has 0 aliphatic rings. The third-order valence-corrected chi connectivity index (χ3v) is 5.09. The lowest BCUT2D eigenvalue weighted by Gasteiger charge is -2.18. The van der Waals surface area contributed by atoms with Crippen LogP contribution in [-0.4, -0.2) is 24.3 Å². The summed E-state index contributed by atoms with van der Waals surface area (Å²) in [7, 11) is 1.53. The highest BCUT2D eigenvalue weighted by Crippen LogP contribution is 2.32. The molecular weight excluding hydrogens is 360 g/mol. The predicted molar refractivity (Wildman–Crippen MR) is 106 cm³/mol. The van der Waals surface area contributed by atoms with Crippen LogP contribution in [0.1, 0.15) is 5.56 Å². The van der Waals surface area contributed by atoms with Crippen molar-refractivity contribution in [2.75, 3.05) is 7.11 Å². The van der Waals surface area contributed by atoms with Gasteiger partial charge in [0.15, 0.2) is 17.6 Å². The van der Waals surface area contributed by atoms with Crippen molar-refractivity contribution in [3.05, 3.63) is 84.4 Å². The molecule has 0 aromatic heterocycles. The standard InChI is InChI=1S/C22H20O4S/c1-25-18-12-6-7-13-19(18)26-20(22(23)24)15-16-9-5-8-14-21(16)27-17-10-3-2-4-11-17/h2-14,20H,15H2,1H3,(H,23,24). The second-order valence-corrected chi connectivity index (χ2v) is 6.94. The molecule has 0 aliphatic carbocycles. The monoisotopic (exact) mass is 380 g/mol. The summed E-state index contributed by atoms with van der Waals surface area (Å²) < 4.78 is 11.0. The Morgan fingerprint density at radius 3 is 2.26 bits per heavy atom. The van der Waals surface area contributed by atoms with E-state index in [1.54, 1.807) is 30.0 Å². The summed E-state index contributed by atoms with van der Waals surface area (Å²) in [6, 6.07) is 24.8. The molecule has 0 fully saturated rings. The first kappa shape index (κ1) is 18.9. The van der Waals surface area contributed by atoms with E-state index in [9.17, 15) is 9.90 Å². The SMILES string of the molecule is COc1ccccc1OC(Cc1ccccc1Sc1ccccc1)C(=O)O. The maximum absolute atomic E-state index is 11.8. The fourth-order valence-corrected chi connectivity index (χ4v) is 3.61. The lowest BCUT2D eigenvalue weighted by atomic mass is 10.1. The van der Waals surface area contributed by atoms with Gasteiger partial charge < -0.3 is 14.6 Å². The Morgan fingerprint density at radius 1 is 0.926 bits per heavy atom. The Kier molecular flexibility index (Phi) is 6.39. The first-order chi connectivity index (χ1) is 13.2. The predicted octanol–water partition coefficient (Wildman–Crippen LogP) is 4.92. The second kappa shape index (κ2) is 9.14. The Balaban J connectivity index is 1.82. The Morgan fingerprint density at radius 2 is 1.56 bits per heavy atom. The fraction of sp³-hybridized carbons (Fsp3) is 0.136. The largest absolute Gasteiger partial charge is 0.493 e. The maximum Gasteiger partial charge on any atom is 0.345 e. The van der Waals surface area contributed by atoms with Crippen molar-refractivity contribution in [1.29, 1.82) is 0 Å². The Labute approximate surface area is 162 Å². The molecule has 27 heavy (non-hydrogen) atoms.